The maximum absolute atomic E-state index is 12.6. The number of nitro groups is 1. The number of hydrogen-bond donors (Lipinski definition) is 1. The van der Waals surface area contributed by atoms with Gasteiger partial charge in [0.15, 0.2) is 5.69 Å². The highest BCUT2D eigenvalue weighted by Crippen LogP contribution is 2.44. The summed E-state index contributed by atoms with van der Waals surface area (Å²) in [4.78, 5) is 38.8. The van der Waals surface area contributed by atoms with E-state index in [0.717, 1.165) is 18.1 Å². The van der Waals surface area contributed by atoms with Crippen molar-refractivity contribution in [1.29, 1.82) is 0 Å². The molecular weight excluding hydrogens is 378 g/mol. The maximum atomic E-state index is 12.6. The average Bonchev–Trinajstić information content (AvgIpc) is 3.41. The van der Waals surface area contributed by atoms with Crippen LogP contribution in [-0.2, 0) is 11.2 Å². The van der Waals surface area contributed by atoms with Crippen molar-refractivity contribution in [2.24, 2.45) is 0 Å². The molecule has 10 nitrogen and oxygen atoms in total. The van der Waals surface area contributed by atoms with E-state index in [0.29, 0.717) is 25.9 Å². The number of hydrogen-bond acceptors (Lipinski definition) is 6. The van der Waals surface area contributed by atoms with Crippen molar-refractivity contribution >= 4 is 17.8 Å². The van der Waals surface area contributed by atoms with Gasteiger partial charge in [0.05, 0.1) is 12.1 Å². The summed E-state index contributed by atoms with van der Waals surface area (Å²) in [6, 6.07) is 9.16. The number of H-pyrrole nitrogens is 1. The molecule has 2 aliphatic heterocycles. The van der Waals surface area contributed by atoms with Gasteiger partial charge in [-0.1, -0.05) is 29.4 Å². The number of ether oxygens (including phenoxy) is 1. The SMILES string of the molecule is O=C(c1cc([N+](=O)[O-])[nH]n1)N1CCC(N2C(=O)OC3Cc4ccccc4C32)CC1. The van der Waals surface area contributed by atoms with Crippen LogP contribution >= 0.6 is 0 Å². The number of nitrogens with zero attached hydrogens (tertiary/aromatic N) is 4. The first-order chi connectivity index (χ1) is 14.0. The van der Waals surface area contributed by atoms with Crippen molar-refractivity contribution in [2.45, 2.75) is 37.5 Å². The van der Waals surface area contributed by atoms with Crippen LogP contribution in [0.3, 0.4) is 0 Å². The minimum Gasteiger partial charge on any atom is -0.443 e. The molecule has 2 aromatic rings. The molecule has 0 bridgehead atoms. The van der Waals surface area contributed by atoms with E-state index in [2.05, 4.69) is 22.3 Å². The first-order valence-corrected chi connectivity index (χ1v) is 9.59. The number of piperidine rings is 1. The van der Waals surface area contributed by atoms with Crippen LogP contribution in [0, 0.1) is 10.1 Å². The average molecular weight is 397 g/mol. The van der Waals surface area contributed by atoms with Gasteiger partial charge in [0.2, 0.25) is 0 Å². The van der Waals surface area contributed by atoms with E-state index in [1.807, 2.05) is 17.0 Å². The number of aromatic amines is 1. The van der Waals surface area contributed by atoms with Crippen LogP contribution in [0.4, 0.5) is 10.6 Å². The van der Waals surface area contributed by atoms with E-state index >= 15 is 0 Å². The summed E-state index contributed by atoms with van der Waals surface area (Å²) in [5.74, 6) is -0.658. The second-order valence-corrected chi connectivity index (χ2v) is 7.60. The standard InChI is InChI=1S/C19H19N5O5/c25-18(14-10-16(21-20-14)24(27)28)22-7-5-12(6-8-22)23-17-13-4-2-1-3-11(13)9-15(17)29-19(23)26/h1-4,10,12,15,17H,5-9H2,(H,20,21). The van der Waals surface area contributed by atoms with Crippen LogP contribution in [0.5, 0.6) is 0 Å². The first-order valence-electron chi connectivity index (χ1n) is 9.59. The molecule has 5 rings (SSSR count). The zero-order valence-electron chi connectivity index (χ0n) is 15.5. The number of benzene rings is 1. The number of likely N-dealkylation sites (tertiary alicyclic amines) is 1. The molecule has 3 aliphatic rings. The van der Waals surface area contributed by atoms with Crippen LogP contribution in [0.25, 0.3) is 0 Å². The van der Waals surface area contributed by atoms with Crippen LogP contribution in [0.2, 0.25) is 0 Å². The lowest BCUT2D eigenvalue weighted by Gasteiger charge is -2.37. The smallest absolute Gasteiger partial charge is 0.411 e. The predicted octanol–water partition coefficient (Wildman–Crippen LogP) is 2.04. The molecule has 2 atom stereocenters. The Kier molecular flexibility index (Phi) is 4.00. The van der Waals surface area contributed by atoms with Crippen molar-refractivity contribution in [3.05, 3.63) is 57.3 Å². The van der Waals surface area contributed by atoms with E-state index in [4.69, 9.17) is 4.74 Å². The van der Waals surface area contributed by atoms with Crippen LogP contribution in [0.1, 0.15) is 40.5 Å². The zero-order chi connectivity index (χ0) is 20.1. The summed E-state index contributed by atoms with van der Waals surface area (Å²) in [6.07, 6.45) is 1.54. The van der Waals surface area contributed by atoms with Gasteiger partial charge in [0.1, 0.15) is 6.10 Å². The van der Waals surface area contributed by atoms with Crippen LogP contribution in [0.15, 0.2) is 30.3 Å². The highest BCUT2D eigenvalue weighted by molar-refractivity contribution is 5.92. The fourth-order valence-electron chi connectivity index (χ4n) is 4.68. The molecule has 1 N–H and O–H groups in total. The number of aromatic nitrogens is 2. The number of carbonyl (C=O) groups excluding carboxylic acids is 2. The van der Waals surface area contributed by atoms with Crippen molar-refractivity contribution in [2.75, 3.05) is 13.1 Å². The summed E-state index contributed by atoms with van der Waals surface area (Å²) in [6.45, 7) is 0.903. The summed E-state index contributed by atoms with van der Waals surface area (Å²) in [5.41, 5.74) is 2.39. The Morgan fingerprint density at radius 1 is 1.28 bits per heavy atom. The molecular formula is C19H19N5O5. The van der Waals surface area contributed by atoms with Gasteiger partial charge in [-0.25, -0.2) is 4.79 Å². The summed E-state index contributed by atoms with van der Waals surface area (Å²) < 4.78 is 5.63. The molecule has 1 aromatic carbocycles. The molecule has 3 heterocycles. The highest BCUT2D eigenvalue weighted by Gasteiger charge is 2.50. The lowest BCUT2D eigenvalue weighted by molar-refractivity contribution is -0.389. The second kappa shape index (κ2) is 6.57. The van der Waals surface area contributed by atoms with Gasteiger partial charge in [-0.15, -0.1) is 5.10 Å². The van der Waals surface area contributed by atoms with Gasteiger partial charge in [0, 0.05) is 25.6 Å². The van der Waals surface area contributed by atoms with Gasteiger partial charge in [-0.3, -0.25) is 9.69 Å². The molecule has 2 amide bonds. The van der Waals surface area contributed by atoms with Crippen LogP contribution < -0.4 is 0 Å². The lowest BCUT2D eigenvalue weighted by Crippen LogP contribution is -2.48. The van der Waals surface area contributed by atoms with E-state index in [-0.39, 0.29) is 41.7 Å². The summed E-state index contributed by atoms with van der Waals surface area (Å²) >= 11 is 0. The van der Waals surface area contributed by atoms with Crippen molar-refractivity contribution in [3.63, 3.8) is 0 Å². The second-order valence-electron chi connectivity index (χ2n) is 7.60. The van der Waals surface area contributed by atoms with Crippen molar-refractivity contribution in [1.82, 2.24) is 20.0 Å². The lowest BCUT2D eigenvalue weighted by atomic mass is 9.99. The Morgan fingerprint density at radius 3 is 2.76 bits per heavy atom. The molecule has 1 aliphatic carbocycles. The molecule has 2 fully saturated rings. The number of fused-ring (bicyclic) bond motifs is 3. The highest BCUT2D eigenvalue weighted by atomic mass is 16.6. The Hall–Kier alpha value is -3.43. The number of rotatable bonds is 3. The predicted molar refractivity (Wildman–Crippen MR) is 99.2 cm³/mol. The third-order valence-electron chi connectivity index (χ3n) is 6.03. The third kappa shape index (κ3) is 2.82. The van der Waals surface area contributed by atoms with E-state index in [1.54, 1.807) is 4.90 Å². The number of carbonyl (C=O) groups is 2. The van der Waals surface area contributed by atoms with E-state index < -0.39 is 4.92 Å². The largest absolute Gasteiger partial charge is 0.443 e. The van der Waals surface area contributed by atoms with Gasteiger partial charge < -0.3 is 19.8 Å². The van der Waals surface area contributed by atoms with Crippen molar-refractivity contribution < 1.29 is 19.2 Å². The first kappa shape index (κ1) is 17.7. The van der Waals surface area contributed by atoms with Crippen molar-refractivity contribution in [3.8, 4) is 0 Å². The zero-order valence-corrected chi connectivity index (χ0v) is 15.5. The Bertz CT molecular complexity index is 996. The molecule has 29 heavy (non-hydrogen) atoms. The molecule has 0 saturated carbocycles. The fraction of sp³-hybridized carbons (Fsp3) is 0.421. The summed E-state index contributed by atoms with van der Waals surface area (Å²) in [5, 5.41) is 16.8. The topological polar surface area (TPSA) is 122 Å². The van der Waals surface area contributed by atoms with Gasteiger partial charge in [0.25, 0.3) is 5.91 Å². The van der Waals surface area contributed by atoms with Gasteiger partial charge in [-0.2, -0.15) is 0 Å². The molecule has 10 heteroatoms. The molecule has 0 spiro atoms. The monoisotopic (exact) mass is 397 g/mol. The molecule has 2 saturated heterocycles. The Morgan fingerprint density at radius 2 is 2.03 bits per heavy atom. The van der Waals surface area contributed by atoms with Crippen LogP contribution in [-0.4, -0.2) is 62.2 Å². The van der Waals surface area contributed by atoms with E-state index in [1.165, 1.54) is 5.56 Å². The minimum atomic E-state index is -0.620. The maximum Gasteiger partial charge on any atom is 0.411 e. The number of amides is 2. The molecule has 2 unspecified atom stereocenters. The molecule has 0 radical (unpaired) electrons. The normalized spacial score (nSPS) is 23.7. The Labute approximate surface area is 165 Å². The molecule has 1 aromatic heterocycles. The van der Waals surface area contributed by atoms with Gasteiger partial charge in [-0.05, 0) is 28.9 Å². The van der Waals surface area contributed by atoms with Gasteiger partial charge >= 0.3 is 11.9 Å². The van der Waals surface area contributed by atoms with E-state index in [9.17, 15) is 19.7 Å². The summed E-state index contributed by atoms with van der Waals surface area (Å²) in [7, 11) is 0. The quantitative estimate of drug-likeness (QED) is 0.625. The minimum absolute atomic E-state index is 0.0128. The third-order valence-corrected chi connectivity index (χ3v) is 6.03. The number of nitrogens with one attached hydrogen (secondary N) is 1. The molecule has 150 valence electrons. The fourth-order valence-corrected chi connectivity index (χ4v) is 4.68. The Balaban J connectivity index is 1.28.